The molecule has 1 aromatic heterocycles. The fraction of sp³-hybridized carbons (Fsp3) is 0.353. The number of carbonyl (C=O) groups excluding carboxylic acids is 1. The van der Waals surface area contributed by atoms with Gasteiger partial charge in [0.25, 0.3) is 5.91 Å². The Morgan fingerprint density at radius 1 is 1.38 bits per heavy atom. The maximum atomic E-state index is 12.7. The first-order valence-corrected chi connectivity index (χ1v) is 8.82. The van der Waals surface area contributed by atoms with Gasteiger partial charge >= 0.3 is 6.01 Å². The molecule has 1 aliphatic rings. The molecule has 1 atom stereocenters. The van der Waals surface area contributed by atoms with Crippen LogP contribution in [0.25, 0.3) is 0 Å². The standard InChI is InChI=1S/C17H18IN3O3/c1-23-17-19-8-7-15(20-17)24-14-6-3-9-21(11-14)16(22)12-4-2-5-13(18)10-12/h2,4-5,7-8,10,14H,3,6,9,11H2,1H3. The van der Waals surface area contributed by atoms with Crippen LogP contribution in [0.2, 0.25) is 0 Å². The van der Waals surface area contributed by atoms with Crippen LogP contribution < -0.4 is 9.47 Å². The fourth-order valence-electron chi connectivity index (χ4n) is 2.68. The maximum Gasteiger partial charge on any atom is 0.319 e. The highest BCUT2D eigenvalue weighted by Crippen LogP contribution is 2.20. The molecule has 1 unspecified atom stereocenters. The Labute approximate surface area is 154 Å². The number of aromatic nitrogens is 2. The predicted octanol–water partition coefficient (Wildman–Crippen LogP) is 2.77. The van der Waals surface area contributed by atoms with Gasteiger partial charge in [-0.15, -0.1) is 0 Å². The Kier molecular flexibility index (Phi) is 5.49. The highest BCUT2D eigenvalue weighted by atomic mass is 127. The second-order valence-corrected chi connectivity index (χ2v) is 6.77. The Morgan fingerprint density at radius 3 is 3.04 bits per heavy atom. The Morgan fingerprint density at radius 2 is 2.25 bits per heavy atom. The molecule has 1 amide bonds. The quantitative estimate of drug-likeness (QED) is 0.686. The summed E-state index contributed by atoms with van der Waals surface area (Å²) >= 11 is 2.21. The molecule has 126 valence electrons. The van der Waals surface area contributed by atoms with Crippen molar-refractivity contribution in [3.63, 3.8) is 0 Å². The number of rotatable bonds is 4. The third-order valence-electron chi connectivity index (χ3n) is 3.81. The lowest BCUT2D eigenvalue weighted by molar-refractivity contribution is 0.0525. The summed E-state index contributed by atoms with van der Waals surface area (Å²) in [5, 5.41) is 0. The molecular weight excluding hydrogens is 421 g/mol. The third-order valence-corrected chi connectivity index (χ3v) is 4.49. The molecule has 0 spiro atoms. The summed E-state index contributed by atoms with van der Waals surface area (Å²) in [7, 11) is 1.52. The Bertz CT molecular complexity index is 726. The van der Waals surface area contributed by atoms with E-state index in [9.17, 15) is 4.79 Å². The minimum atomic E-state index is -0.0786. The van der Waals surface area contributed by atoms with Crippen LogP contribution in [-0.4, -0.2) is 47.1 Å². The molecule has 0 aliphatic carbocycles. The lowest BCUT2D eigenvalue weighted by Crippen LogP contribution is -2.44. The number of amides is 1. The summed E-state index contributed by atoms with van der Waals surface area (Å²) in [5.74, 6) is 0.512. The van der Waals surface area contributed by atoms with Gasteiger partial charge in [-0.3, -0.25) is 4.79 Å². The van der Waals surface area contributed by atoms with E-state index in [4.69, 9.17) is 9.47 Å². The minimum absolute atomic E-state index is 0.0436. The van der Waals surface area contributed by atoms with Crippen LogP contribution in [0.5, 0.6) is 11.9 Å². The molecule has 1 aromatic carbocycles. The maximum absolute atomic E-state index is 12.7. The van der Waals surface area contributed by atoms with Gasteiger partial charge in [0.2, 0.25) is 5.88 Å². The van der Waals surface area contributed by atoms with E-state index < -0.39 is 0 Å². The molecule has 0 radical (unpaired) electrons. The summed E-state index contributed by atoms with van der Waals surface area (Å²) in [6, 6.07) is 9.60. The van der Waals surface area contributed by atoms with Crippen molar-refractivity contribution in [2.24, 2.45) is 0 Å². The Hall–Kier alpha value is -1.90. The molecule has 0 N–H and O–H groups in total. The molecule has 1 fully saturated rings. The topological polar surface area (TPSA) is 64.6 Å². The van der Waals surface area contributed by atoms with Crippen LogP contribution in [0.1, 0.15) is 23.2 Å². The molecule has 24 heavy (non-hydrogen) atoms. The van der Waals surface area contributed by atoms with Crippen LogP contribution in [0.15, 0.2) is 36.5 Å². The number of likely N-dealkylation sites (tertiary alicyclic amines) is 1. The van der Waals surface area contributed by atoms with Crippen molar-refractivity contribution in [1.29, 1.82) is 0 Å². The van der Waals surface area contributed by atoms with Crippen LogP contribution >= 0.6 is 22.6 Å². The monoisotopic (exact) mass is 439 g/mol. The summed E-state index contributed by atoms with van der Waals surface area (Å²) in [4.78, 5) is 22.6. The van der Waals surface area contributed by atoms with E-state index in [1.54, 1.807) is 12.3 Å². The van der Waals surface area contributed by atoms with Crippen molar-refractivity contribution in [3.8, 4) is 11.9 Å². The lowest BCUT2D eigenvalue weighted by Gasteiger charge is -2.32. The first-order chi connectivity index (χ1) is 11.7. The number of ether oxygens (including phenoxy) is 2. The number of halogens is 1. The molecule has 7 heteroatoms. The molecule has 0 saturated carbocycles. The van der Waals surface area contributed by atoms with Crippen molar-refractivity contribution in [2.45, 2.75) is 18.9 Å². The van der Waals surface area contributed by atoms with Gasteiger partial charge in [-0.25, -0.2) is 4.98 Å². The van der Waals surface area contributed by atoms with E-state index in [-0.39, 0.29) is 18.0 Å². The molecular formula is C17H18IN3O3. The van der Waals surface area contributed by atoms with E-state index in [0.717, 1.165) is 23.0 Å². The average Bonchev–Trinajstić information content (AvgIpc) is 2.61. The van der Waals surface area contributed by atoms with Crippen LogP contribution in [-0.2, 0) is 0 Å². The van der Waals surface area contributed by atoms with Gasteiger partial charge in [-0.1, -0.05) is 6.07 Å². The number of hydrogen-bond acceptors (Lipinski definition) is 5. The lowest BCUT2D eigenvalue weighted by atomic mass is 10.1. The summed E-state index contributed by atoms with van der Waals surface area (Å²) < 4.78 is 12.0. The SMILES string of the molecule is COc1nccc(OC2CCCN(C(=O)c3cccc(I)c3)C2)n1. The average molecular weight is 439 g/mol. The van der Waals surface area contributed by atoms with E-state index in [1.165, 1.54) is 7.11 Å². The van der Waals surface area contributed by atoms with Gasteiger partial charge in [0.1, 0.15) is 6.10 Å². The zero-order valence-corrected chi connectivity index (χ0v) is 15.5. The number of benzene rings is 1. The van der Waals surface area contributed by atoms with E-state index in [0.29, 0.717) is 18.0 Å². The van der Waals surface area contributed by atoms with E-state index >= 15 is 0 Å². The molecule has 2 heterocycles. The zero-order chi connectivity index (χ0) is 16.9. The first kappa shape index (κ1) is 16.9. The zero-order valence-electron chi connectivity index (χ0n) is 13.3. The number of carbonyl (C=O) groups is 1. The van der Waals surface area contributed by atoms with Crippen molar-refractivity contribution >= 4 is 28.5 Å². The van der Waals surface area contributed by atoms with Gasteiger partial charge in [0.15, 0.2) is 0 Å². The summed E-state index contributed by atoms with van der Waals surface area (Å²) in [6.07, 6.45) is 3.31. The van der Waals surface area contributed by atoms with Crippen LogP contribution in [0, 0.1) is 3.57 Å². The first-order valence-electron chi connectivity index (χ1n) is 7.74. The third kappa shape index (κ3) is 4.14. The molecule has 1 saturated heterocycles. The van der Waals surface area contributed by atoms with Crippen molar-refractivity contribution in [1.82, 2.24) is 14.9 Å². The van der Waals surface area contributed by atoms with E-state index in [2.05, 4.69) is 32.6 Å². The number of hydrogen-bond donors (Lipinski definition) is 0. The van der Waals surface area contributed by atoms with Crippen LogP contribution in [0.4, 0.5) is 0 Å². The fourth-order valence-corrected chi connectivity index (χ4v) is 3.23. The van der Waals surface area contributed by atoms with Gasteiger partial charge in [-0.05, 0) is 53.6 Å². The number of nitrogens with zero attached hydrogens (tertiary/aromatic N) is 3. The number of piperidine rings is 1. The molecule has 0 bridgehead atoms. The van der Waals surface area contributed by atoms with Gasteiger partial charge < -0.3 is 14.4 Å². The second-order valence-electron chi connectivity index (χ2n) is 5.53. The van der Waals surface area contributed by atoms with Crippen molar-refractivity contribution in [2.75, 3.05) is 20.2 Å². The van der Waals surface area contributed by atoms with E-state index in [1.807, 2.05) is 29.2 Å². The van der Waals surface area contributed by atoms with Crippen LogP contribution in [0.3, 0.4) is 0 Å². The van der Waals surface area contributed by atoms with Gasteiger partial charge in [0, 0.05) is 27.9 Å². The number of methoxy groups -OCH3 is 1. The highest BCUT2D eigenvalue weighted by Gasteiger charge is 2.26. The second kappa shape index (κ2) is 7.78. The molecule has 1 aliphatic heterocycles. The smallest absolute Gasteiger partial charge is 0.319 e. The molecule has 3 rings (SSSR count). The molecule has 2 aromatic rings. The van der Waals surface area contributed by atoms with Crippen molar-refractivity contribution in [3.05, 3.63) is 45.7 Å². The Balaban J connectivity index is 1.66. The summed E-state index contributed by atoms with van der Waals surface area (Å²) in [6.45, 7) is 1.30. The molecule has 6 nitrogen and oxygen atoms in total. The van der Waals surface area contributed by atoms with Gasteiger partial charge in [0.05, 0.1) is 13.7 Å². The summed E-state index contributed by atoms with van der Waals surface area (Å²) in [5.41, 5.74) is 0.714. The predicted molar refractivity (Wildman–Crippen MR) is 97.3 cm³/mol. The minimum Gasteiger partial charge on any atom is -0.472 e. The van der Waals surface area contributed by atoms with Crippen molar-refractivity contribution < 1.29 is 14.3 Å². The highest BCUT2D eigenvalue weighted by molar-refractivity contribution is 14.1. The normalized spacial score (nSPS) is 17.4. The van der Waals surface area contributed by atoms with Gasteiger partial charge in [-0.2, -0.15) is 4.98 Å². The largest absolute Gasteiger partial charge is 0.472 e.